The van der Waals surface area contributed by atoms with Gasteiger partial charge >= 0.3 is 6.09 Å². The first kappa shape index (κ1) is 23.4. The maximum Gasteiger partial charge on any atom is 0.410 e. The van der Waals surface area contributed by atoms with Gasteiger partial charge in [0.15, 0.2) is 9.84 Å². The highest BCUT2D eigenvalue weighted by Gasteiger charge is 2.45. The summed E-state index contributed by atoms with van der Waals surface area (Å²) in [5.41, 5.74) is 0. The molecule has 0 aromatic heterocycles. The van der Waals surface area contributed by atoms with Crippen LogP contribution >= 0.6 is 0 Å². The number of amides is 1. The van der Waals surface area contributed by atoms with Crippen molar-refractivity contribution < 1.29 is 27.4 Å². The summed E-state index contributed by atoms with van der Waals surface area (Å²) >= 11 is 0. The molecule has 0 spiro atoms. The van der Waals surface area contributed by atoms with E-state index in [0.29, 0.717) is 10.6 Å². The molecule has 2 heterocycles. The summed E-state index contributed by atoms with van der Waals surface area (Å²) in [7, 11) is -3.19. The van der Waals surface area contributed by atoms with Crippen LogP contribution in [0.1, 0.15) is 65.2 Å². The summed E-state index contributed by atoms with van der Waals surface area (Å²) in [5, 5.41) is 0. The van der Waals surface area contributed by atoms with Crippen molar-refractivity contribution in [3.8, 4) is 5.75 Å². The number of ether oxygens (including phenoxy) is 3. The lowest BCUT2D eigenvalue weighted by molar-refractivity contribution is -0.0786. The Bertz CT molecular complexity index is 878. The first-order valence-corrected chi connectivity index (χ1v) is 13.7. The van der Waals surface area contributed by atoms with Crippen LogP contribution in [-0.2, 0) is 19.3 Å². The van der Waals surface area contributed by atoms with Gasteiger partial charge in [-0.05, 0) is 89.5 Å². The molecule has 1 aromatic rings. The minimum absolute atomic E-state index is 0.0918. The van der Waals surface area contributed by atoms with E-state index in [0.717, 1.165) is 51.4 Å². The molecular weight excluding hydrogens is 430 g/mol. The number of piperidine rings is 1. The maximum absolute atomic E-state index is 12.4. The van der Waals surface area contributed by atoms with Crippen LogP contribution in [0.5, 0.6) is 5.75 Å². The molecule has 1 saturated carbocycles. The number of carbonyl (C=O) groups excluding carboxylic acids is 1. The van der Waals surface area contributed by atoms with E-state index >= 15 is 0 Å². The Kier molecular flexibility index (Phi) is 7.00. The number of hydrogen-bond acceptors (Lipinski definition) is 6. The number of nitrogens with zero attached hydrogens (tertiary/aromatic N) is 1. The second kappa shape index (κ2) is 9.59. The van der Waals surface area contributed by atoms with Gasteiger partial charge in [-0.15, -0.1) is 0 Å². The molecule has 8 heteroatoms. The standard InChI is InChI=1S/C24H35NO6S/c1-16(2)29-24(26)25-17-4-5-18(25)15-22(14-17)31-20-8-6-19(7-9-20)30-21-10-12-23(13-11-21)32(3,27)28/h10-13,16-20,22H,4-9,14-15H2,1-3H3/t17-,18-,19?,20?/m0/s1. The van der Waals surface area contributed by atoms with Crippen LogP contribution in [0.4, 0.5) is 4.79 Å². The van der Waals surface area contributed by atoms with Crippen LogP contribution in [-0.4, -0.2) is 62.2 Å². The number of carbonyl (C=O) groups is 1. The zero-order chi connectivity index (χ0) is 22.9. The van der Waals surface area contributed by atoms with Crippen molar-refractivity contribution in [2.75, 3.05) is 6.26 Å². The van der Waals surface area contributed by atoms with Crippen LogP contribution in [0, 0.1) is 0 Å². The molecule has 0 N–H and O–H groups in total. The SMILES string of the molecule is CC(C)OC(=O)N1[C@H]2CC[C@H]1CC(OC1CCC(Oc3ccc(S(C)(=O)=O)cc3)CC1)C2. The second-order valence-corrected chi connectivity index (χ2v) is 11.7. The predicted octanol–water partition coefficient (Wildman–Crippen LogP) is 4.34. The third kappa shape index (κ3) is 5.57. The summed E-state index contributed by atoms with van der Waals surface area (Å²) in [4.78, 5) is 14.7. The smallest absolute Gasteiger partial charge is 0.410 e. The van der Waals surface area contributed by atoms with Crippen LogP contribution in [0.15, 0.2) is 29.2 Å². The van der Waals surface area contributed by atoms with E-state index in [-0.39, 0.29) is 42.6 Å². The lowest BCUT2D eigenvalue weighted by Crippen LogP contribution is -2.50. The molecule has 2 saturated heterocycles. The molecule has 3 aliphatic rings. The normalized spacial score (nSPS) is 30.4. The van der Waals surface area contributed by atoms with Crippen molar-refractivity contribution in [1.82, 2.24) is 4.90 Å². The number of benzene rings is 1. The highest BCUT2D eigenvalue weighted by Crippen LogP contribution is 2.39. The Balaban J connectivity index is 1.23. The van der Waals surface area contributed by atoms with Gasteiger partial charge in [-0.25, -0.2) is 13.2 Å². The molecule has 7 nitrogen and oxygen atoms in total. The van der Waals surface area contributed by atoms with Gasteiger partial charge < -0.3 is 19.1 Å². The summed E-state index contributed by atoms with van der Waals surface area (Å²) in [5.74, 6) is 0.707. The molecule has 178 valence electrons. The van der Waals surface area contributed by atoms with Crippen LogP contribution in [0.25, 0.3) is 0 Å². The third-order valence-corrected chi connectivity index (χ3v) is 7.93. The van der Waals surface area contributed by atoms with Gasteiger partial charge in [-0.1, -0.05) is 0 Å². The van der Waals surface area contributed by atoms with Crippen molar-refractivity contribution in [2.24, 2.45) is 0 Å². The number of hydrogen-bond donors (Lipinski definition) is 0. The largest absolute Gasteiger partial charge is 0.490 e. The first-order valence-electron chi connectivity index (χ1n) is 11.8. The Morgan fingerprint density at radius 3 is 2.00 bits per heavy atom. The van der Waals surface area contributed by atoms with Gasteiger partial charge in [0.1, 0.15) is 5.75 Å². The Hall–Kier alpha value is -1.80. The Labute approximate surface area is 191 Å². The summed E-state index contributed by atoms with van der Waals surface area (Å²) < 4.78 is 41.2. The molecule has 0 radical (unpaired) electrons. The molecule has 32 heavy (non-hydrogen) atoms. The molecule has 3 fully saturated rings. The molecule has 1 amide bonds. The lowest BCUT2D eigenvalue weighted by Gasteiger charge is -2.40. The molecule has 2 atom stereocenters. The van der Waals surface area contributed by atoms with E-state index in [1.165, 1.54) is 6.26 Å². The number of fused-ring (bicyclic) bond motifs is 2. The Morgan fingerprint density at radius 1 is 0.906 bits per heavy atom. The van der Waals surface area contributed by atoms with Crippen molar-refractivity contribution in [3.05, 3.63) is 24.3 Å². The van der Waals surface area contributed by atoms with Crippen LogP contribution < -0.4 is 4.74 Å². The summed E-state index contributed by atoms with van der Waals surface area (Å²) in [6.07, 6.45) is 9.14. The highest BCUT2D eigenvalue weighted by molar-refractivity contribution is 7.90. The minimum atomic E-state index is -3.19. The van der Waals surface area contributed by atoms with Gasteiger partial charge in [0.25, 0.3) is 0 Å². The molecule has 4 rings (SSSR count). The maximum atomic E-state index is 12.4. The predicted molar refractivity (Wildman–Crippen MR) is 121 cm³/mol. The number of rotatable bonds is 6. The van der Waals surface area contributed by atoms with Gasteiger partial charge in [0.05, 0.1) is 29.3 Å². The Morgan fingerprint density at radius 2 is 1.47 bits per heavy atom. The highest BCUT2D eigenvalue weighted by atomic mass is 32.2. The van der Waals surface area contributed by atoms with Gasteiger partial charge in [0.2, 0.25) is 0 Å². The molecule has 1 aliphatic carbocycles. The van der Waals surface area contributed by atoms with E-state index < -0.39 is 9.84 Å². The zero-order valence-corrected chi connectivity index (χ0v) is 20.1. The fraction of sp³-hybridized carbons (Fsp3) is 0.708. The monoisotopic (exact) mass is 465 g/mol. The zero-order valence-electron chi connectivity index (χ0n) is 19.2. The van der Waals surface area contributed by atoms with Crippen LogP contribution in [0.3, 0.4) is 0 Å². The fourth-order valence-electron chi connectivity index (χ4n) is 5.32. The first-order chi connectivity index (χ1) is 15.2. The van der Waals surface area contributed by atoms with E-state index in [4.69, 9.17) is 14.2 Å². The molecule has 2 bridgehead atoms. The quantitative estimate of drug-likeness (QED) is 0.622. The van der Waals surface area contributed by atoms with E-state index in [2.05, 4.69) is 0 Å². The summed E-state index contributed by atoms with van der Waals surface area (Å²) in [6.45, 7) is 3.78. The fourth-order valence-corrected chi connectivity index (χ4v) is 5.95. The van der Waals surface area contributed by atoms with Crippen molar-refractivity contribution in [1.29, 1.82) is 0 Å². The number of sulfone groups is 1. The molecule has 0 unspecified atom stereocenters. The van der Waals surface area contributed by atoms with Crippen molar-refractivity contribution in [2.45, 2.75) is 107 Å². The van der Waals surface area contributed by atoms with Crippen molar-refractivity contribution >= 4 is 15.9 Å². The second-order valence-electron chi connectivity index (χ2n) is 9.71. The average molecular weight is 466 g/mol. The third-order valence-electron chi connectivity index (χ3n) is 6.80. The average Bonchev–Trinajstić information content (AvgIpc) is 3.00. The molecular formula is C24H35NO6S. The van der Waals surface area contributed by atoms with Gasteiger partial charge in [-0.3, -0.25) is 0 Å². The van der Waals surface area contributed by atoms with E-state index in [1.54, 1.807) is 24.3 Å². The molecule has 1 aromatic carbocycles. The topological polar surface area (TPSA) is 82.1 Å². The lowest BCUT2D eigenvalue weighted by atomic mass is 9.93. The van der Waals surface area contributed by atoms with E-state index in [1.807, 2.05) is 18.7 Å². The summed E-state index contributed by atoms with van der Waals surface area (Å²) in [6, 6.07) is 7.12. The van der Waals surface area contributed by atoms with Gasteiger partial charge in [0, 0.05) is 18.3 Å². The van der Waals surface area contributed by atoms with Crippen molar-refractivity contribution in [3.63, 3.8) is 0 Å². The molecule has 2 aliphatic heterocycles. The van der Waals surface area contributed by atoms with E-state index in [9.17, 15) is 13.2 Å². The van der Waals surface area contributed by atoms with Crippen LogP contribution in [0.2, 0.25) is 0 Å². The minimum Gasteiger partial charge on any atom is -0.490 e. The van der Waals surface area contributed by atoms with Gasteiger partial charge in [-0.2, -0.15) is 0 Å².